The van der Waals surface area contributed by atoms with Crippen LogP contribution in [0.4, 0.5) is 10.1 Å². The van der Waals surface area contributed by atoms with Crippen molar-refractivity contribution in [3.05, 3.63) is 40.7 Å². The number of thiazole rings is 1. The van der Waals surface area contributed by atoms with Gasteiger partial charge in [0.2, 0.25) is 0 Å². The summed E-state index contributed by atoms with van der Waals surface area (Å²) >= 11 is 0.749. The van der Waals surface area contributed by atoms with Gasteiger partial charge in [0.15, 0.2) is 5.13 Å². The second-order valence-electron chi connectivity index (χ2n) is 5.29. The normalized spacial score (nSPS) is 10.2. The van der Waals surface area contributed by atoms with Crippen molar-refractivity contribution in [3.63, 3.8) is 0 Å². The van der Waals surface area contributed by atoms with Gasteiger partial charge in [-0.05, 0) is 24.6 Å². The Morgan fingerprint density at radius 1 is 1.33 bits per heavy atom. The first kappa shape index (κ1) is 20.3. The number of anilines is 2. The highest BCUT2D eigenvalue weighted by Crippen LogP contribution is 2.27. The van der Waals surface area contributed by atoms with Crippen LogP contribution in [0.15, 0.2) is 24.4 Å². The van der Waals surface area contributed by atoms with Gasteiger partial charge >= 0.3 is 5.97 Å². The molecule has 0 atom stereocenters. The van der Waals surface area contributed by atoms with Crippen LogP contribution in [0.5, 0.6) is 5.75 Å². The van der Waals surface area contributed by atoms with Gasteiger partial charge in [0.05, 0.1) is 11.8 Å². The van der Waals surface area contributed by atoms with Gasteiger partial charge in [0, 0.05) is 19.0 Å². The highest BCUT2D eigenvalue weighted by atomic mass is 32.1. The number of nitrogens with zero attached hydrogens (tertiary/aromatic N) is 2. The molecule has 0 saturated heterocycles. The first-order valence-corrected chi connectivity index (χ1v) is 8.67. The molecular formula is C16H17N4O6S-. The number of carbonyl (C=O) groups excluding carboxylic acids is 3. The molecule has 3 N–H and O–H groups in total. The van der Waals surface area contributed by atoms with E-state index in [-0.39, 0.29) is 38.1 Å². The van der Waals surface area contributed by atoms with E-state index in [1.165, 1.54) is 25.1 Å². The van der Waals surface area contributed by atoms with Gasteiger partial charge in [-0.2, -0.15) is 0 Å². The summed E-state index contributed by atoms with van der Waals surface area (Å²) in [5.41, 5.74) is 0.229. The van der Waals surface area contributed by atoms with E-state index in [4.69, 9.17) is 9.94 Å². The Morgan fingerprint density at radius 2 is 2.07 bits per heavy atom. The monoisotopic (exact) mass is 393 g/mol. The van der Waals surface area contributed by atoms with Crippen LogP contribution in [0.25, 0.3) is 0 Å². The van der Waals surface area contributed by atoms with Crippen molar-refractivity contribution in [2.24, 2.45) is 0 Å². The molecule has 2 rings (SSSR count). The molecule has 10 nitrogen and oxygen atoms in total. The van der Waals surface area contributed by atoms with Crippen LogP contribution >= 0.6 is 11.3 Å². The van der Waals surface area contributed by atoms with Crippen molar-refractivity contribution in [2.45, 2.75) is 20.3 Å². The highest BCUT2D eigenvalue weighted by molar-refractivity contribution is 7.19. The second-order valence-corrected chi connectivity index (χ2v) is 6.30. The van der Waals surface area contributed by atoms with E-state index in [1.54, 1.807) is 0 Å². The Kier molecular flexibility index (Phi) is 6.82. The molecule has 0 aliphatic carbocycles. The van der Waals surface area contributed by atoms with Gasteiger partial charge in [-0.15, -0.1) is 0 Å². The number of amides is 2. The van der Waals surface area contributed by atoms with Crippen molar-refractivity contribution in [1.29, 1.82) is 0 Å². The molecule has 144 valence electrons. The van der Waals surface area contributed by atoms with Crippen LogP contribution in [0.3, 0.4) is 0 Å². The van der Waals surface area contributed by atoms with Crippen molar-refractivity contribution in [2.75, 3.05) is 17.1 Å². The summed E-state index contributed by atoms with van der Waals surface area (Å²) < 4.78 is 5.05. The zero-order chi connectivity index (χ0) is 20.0. The maximum atomic E-state index is 12.5. The fourth-order valence-electron chi connectivity index (χ4n) is 2.01. The molecule has 0 spiro atoms. The molecule has 0 aliphatic rings. The summed E-state index contributed by atoms with van der Waals surface area (Å²) in [5.74, 6) is -1.77. The SMILES string of the molecule is CCCNC(=O)c1ccc(C(=O)Nc2ncc(N([O-])O)s2)c(OC(C)=O)c1. The van der Waals surface area contributed by atoms with E-state index < -0.39 is 11.9 Å². The van der Waals surface area contributed by atoms with E-state index in [0.29, 0.717) is 6.54 Å². The first-order valence-electron chi connectivity index (χ1n) is 7.85. The van der Waals surface area contributed by atoms with E-state index >= 15 is 0 Å². The van der Waals surface area contributed by atoms with E-state index in [2.05, 4.69) is 15.6 Å². The smallest absolute Gasteiger partial charge is 0.308 e. The Bertz CT molecular complexity index is 851. The lowest BCUT2D eigenvalue weighted by atomic mass is 10.1. The Labute approximate surface area is 158 Å². The van der Waals surface area contributed by atoms with Gasteiger partial charge in [0.1, 0.15) is 10.8 Å². The number of ether oxygens (including phenoxy) is 1. The molecule has 27 heavy (non-hydrogen) atoms. The Hall–Kier alpha value is -3.02. The fraction of sp³-hybridized carbons (Fsp3) is 0.250. The zero-order valence-electron chi connectivity index (χ0n) is 14.5. The lowest BCUT2D eigenvalue weighted by Crippen LogP contribution is -2.24. The molecule has 1 aromatic carbocycles. The lowest BCUT2D eigenvalue weighted by molar-refractivity contribution is -0.131. The van der Waals surface area contributed by atoms with Crippen molar-refractivity contribution < 1.29 is 24.3 Å². The minimum absolute atomic E-state index is 0.00281. The third-order valence-electron chi connectivity index (χ3n) is 3.18. The van der Waals surface area contributed by atoms with Gasteiger partial charge in [-0.3, -0.25) is 24.9 Å². The summed E-state index contributed by atoms with van der Waals surface area (Å²) in [6, 6.07) is 4.06. The number of benzene rings is 1. The molecule has 2 aromatic rings. The van der Waals surface area contributed by atoms with E-state index in [0.717, 1.165) is 24.0 Å². The molecule has 1 heterocycles. The van der Waals surface area contributed by atoms with Crippen molar-refractivity contribution in [1.82, 2.24) is 10.3 Å². The molecule has 2 amide bonds. The number of hydrogen-bond donors (Lipinski definition) is 3. The predicted octanol–water partition coefficient (Wildman–Crippen LogP) is 2.15. The van der Waals surface area contributed by atoms with Crippen LogP contribution in [-0.4, -0.2) is 34.5 Å². The number of hydrogen-bond acceptors (Lipinski definition) is 9. The molecule has 0 unspecified atom stereocenters. The maximum Gasteiger partial charge on any atom is 0.308 e. The Morgan fingerprint density at radius 3 is 2.67 bits per heavy atom. The molecule has 0 aliphatic heterocycles. The standard InChI is InChI=1S/C16H17N4O6S/c1-3-6-17-14(22)10-4-5-11(12(7-10)26-9(2)21)15(23)19-16-18-8-13(27-16)20(24)25/h4-5,7-8,24H,3,6H2,1-2H3,(H,17,22)(H,18,19,23)/q-1. The summed E-state index contributed by atoms with van der Waals surface area (Å²) in [7, 11) is 0. The van der Waals surface area contributed by atoms with E-state index in [1.807, 2.05) is 6.92 Å². The molecule has 11 heteroatoms. The summed E-state index contributed by atoms with van der Waals surface area (Å²) in [6.07, 6.45) is 1.84. The average Bonchev–Trinajstić information content (AvgIpc) is 3.07. The van der Waals surface area contributed by atoms with Gasteiger partial charge in [-0.1, -0.05) is 18.3 Å². The van der Waals surface area contributed by atoms with Crippen LogP contribution in [-0.2, 0) is 4.79 Å². The van der Waals surface area contributed by atoms with Crippen molar-refractivity contribution in [3.8, 4) is 5.75 Å². The first-order chi connectivity index (χ1) is 12.8. The van der Waals surface area contributed by atoms with Gasteiger partial charge in [0.25, 0.3) is 11.8 Å². The largest absolute Gasteiger partial charge is 0.733 e. The van der Waals surface area contributed by atoms with Gasteiger partial charge in [-0.25, -0.2) is 4.98 Å². The molecule has 0 fully saturated rings. The zero-order valence-corrected chi connectivity index (χ0v) is 15.3. The summed E-state index contributed by atoms with van der Waals surface area (Å²) in [5, 5.41) is 24.3. The Balaban J connectivity index is 2.26. The summed E-state index contributed by atoms with van der Waals surface area (Å²) in [6.45, 7) is 3.56. The highest BCUT2D eigenvalue weighted by Gasteiger charge is 2.18. The third-order valence-corrected chi connectivity index (χ3v) is 4.05. The summed E-state index contributed by atoms with van der Waals surface area (Å²) in [4.78, 5) is 39.7. The maximum absolute atomic E-state index is 12.5. The average molecular weight is 393 g/mol. The molecule has 0 radical (unpaired) electrons. The third kappa shape index (κ3) is 5.48. The van der Waals surface area contributed by atoms with Crippen LogP contribution in [0.2, 0.25) is 0 Å². The number of esters is 1. The van der Waals surface area contributed by atoms with E-state index in [9.17, 15) is 19.6 Å². The minimum atomic E-state index is -0.664. The van der Waals surface area contributed by atoms with Crippen LogP contribution in [0.1, 0.15) is 41.0 Å². The molecular weight excluding hydrogens is 376 g/mol. The van der Waals surface area contributed by atoms with Crippen molar-refractivity contribution >= 4 is 39.3 Å². The fourth-order valence-corrected chi connectivity index (χ4v) is 2.64. The second kappa shape index (κ2) is 9.07. The predicted molar refractivity (Wildman–Crippen MR) is 98.1 cm³/mol. The molecule has 1 aromatic heterocycles. The number of aromatic nitrogens is 1. The molecule has 0 bridgehead atoms. The van der Waals surface area contributed by atoms with Crippen LogP contribution < -0.4 is 20.6 Å². The number of rotatable bonds is 7. The lowest BCUT2D eigenvalue weighted by Gasteiger charge is -2.17. The molecule has 0 saturated carbocycles. The minimum Gasteiger partial charge on any atom is -0.733 e. The quantitative estimate of drug-likeness (QED) is 0.369. The van der Waals surface area contributed by atoms with Gasteiger partial charge < -0.3 is 20.5 Å². The number of nitrogens with one attached hydrogen (secondary N) is 2. The van der Waals surface area contributed by atoms with Crippen LogP contribution in [0, 0.1) is 5.21 Å². The topological polar surface area (TPSA) is 144 Å². The number of carbonyl (C=O) groups is 3.